The third kappa shape index (κ3) is 4.05. The van der Waals surface area contributed by atoms with Crippen LogP contribution in [0.2, 0.25) is 0 Å². The maximum atomic E-state index is 10.1. The zero-order valence-corrected chi connectivity index (χ0v) is 18.3. The van der Waals surface area contributed by atoms with Crippen LogP contribution < -0.4 is 0 Å². The topological polar surface area (TPSA) is 23.5 Å². The van der Waals surface area contributed by atoms with Gasteiger partial charge in [0, 0.05) is 6.54 Å². The van der Waals surface area contributed by atoms with E-state index in [2.05, 4.69) is 37.5 Å². The number of allylic oxidation sites excluding steroid dienone is 3. The smallest absolute Gasteiger partial charge is 0.0787 e. The number of hydrogen-bond donors (Lipinski definition) is 1. The van der Waals surface area contributed by atoms with Gasteiger partial charge in [-0.05, 0) is 112 Å². The van der Waals surface area contributed by atoms with Gasteiger partial charge in [0.1, 0.15) is 0 Å². The predicted molar refractivity (Wildman–Crippen MR) is 118 cm³/mol. The first-order chi connectivity index (χ1) is 13.5. The Morgan fingerprint density at radius 3 is 2.79 bits per heavy atom. The standard InChI is InChI=1S/C26H41NO/c1-19-13-16-27(18-19)17-14-23-11-12-24-22(7-5-15-26(23,24)3)10-9-21-6-4-8-25(28)20(21)2/h9-10,19,23-25,28H,2,4-8,11-18H2,1,3H3/b21-9-,22-10+/t19?,23-,24?,25+,26?/m1/s1. The molecule has 0 radical (unpaired) electrons. The Morgan fingerprint density at radius 2 is 2.00 bits per heavy atom. The number of hydrogen-bond acceptors (Lipinski definition) is 2. The zero-order valence-electron chi connectivity index (χ0n) is 18.3. The molecule has 3 aliphatic carbocycles. The Labute approximate surface area is 172 Å². The third-order valence-electron chi connectivity index (χ3n) is 8.70. The summed E-state index contributed by atoms with van der Waals surface area (Å²) >= 11 is 0. The molecule has 2 heteroatoms. The van der Waals surface area contributed by atoms with Crippen LogP contribution in [0.15, 0.2) is 35.5 Å². The molecular formula is C26H41NO. The van der Waals surface area contributed by atoms with Crippen LogP contribution in [-0.4, -0.2) is 35.7 Å². The lowest BCUT2D eigenvalue weighted by atomic mass is 9.63. The van der Waals surface area contributed by atoms with Gasteiger partial charge in [0.15, 0.2) is 0 Å². The molecule has 28 heavy (non-hydrogen) atoms. The van der Waals surface area contributed by atoms with Crippen molar-refractivity contribution in [2.45, 2.75) is 84.2 Å². The van der Waals surface area contributed by atoms with Gasteiger partial charge in [-0.1, -0.05) is 38.2 Å². The summed E-state index contributed by atoms with van der Waals surface area (Å²) in [6.45, 7) is 13.1. The van der Waals surface area contributed by atoms with Gasteiger partial charge in [-0.25, -0.2) is 0 Å². The van der Waals surface area contributed by atoms with E-state index in [1.807, 2.05) is 0 Å². The van der Waals surface area contributed by atoms with E-state index in [9.17, 15) is 5.11 Å². The summed E-state index contributed by atoms with van der Waals surface area (Å²) in [6, 6.07) is 0. The Hall–Kier alpha value is -0.860. The number of fused-ring (bicyclic) bond motifs is 1. The van der Waals surface area contributed by atoms with E-state index in [1.54, 1.807) is 5.57 Å². The summed E-state index contributed by atoms with van der Waals surface area (Å²) in [4.78, 5) is 2.71. The average molecular weight is 384 g/mol. The predicted octanol–water partition coefficient (Wildman–Crippen LogP) is 5.89. The van der Waals surface area contributed by atoms with Crippen LogP contribution in [-0.2, 0) is 0 Å². The normalized spacial score (nSPS) is 42.5. The molecule has 3 saturated carbocycles. The lowest BCUT2D eigenvalue weighted by molar-refractivity contribution is 0.119. The SMILES string of the molecule is C=C1/C(=C\C=C2/CCCC3(C)C2CC[C@@H]3CCN2CCC(C)C2)CCC[C@@H]1O. The van der Waals surface area contributed by atoms with Gasteiger partial charge >= 0.3 is 0 Å². The summed E-state index contributed by atoms with van der Waals surface area (Å²) in [5.41, 5.74) is 4.45. The minimum Gasteiger partial charge on any atom is -0.388 e. The number of nitrogens with zero attached hydrogens (tertiary/aromatic N) is 1. The summed E-state index contributed by atoms with van der Waals surface area (Å²) in [6.07, 6.45) is 17.1. The van der Waals surface area contributed by atoms with Crippen molar-refractivity contribution in [3.8, 4) is 0 Å². The lowest BCUT2D eigenvalue weighted by Crippen LogP contribution is -2.35. The molecule has 2 nitrogen and oxygen atoms in total. The Bertz CT molecular complexity index is 647. The van der Waals surface area contributed by atoms with Crippen molar-refractivity contribution >= 4 is 0 Å². The van der Waals surface area contributed by atoms with E-state index in [0.717, 1.165) is 42.6 Å². The molecule has 0 aromatic heterocycles. The largest absolute Gasteiger partial charge is 0.388 e. The molecule has 0 spiro atoms. The minimum absolute atomic E-state index is 0.320. The summed E-state index contributed by atoms with van der Waals surface area (Å²) in [5, 5.41) is 10.1. The molecule has 5 atom stereocenters. The van der Waals surface area contributed by atoms with Gasteiger partial charge in [0.25, 0.3) is 0 Å². The fraction of sp³-hybridized carbons (Fsp3) is 0.769. The molecule has 4 fully saturated rings. The number of rotatable bonds is 4. The fourth-order valence-electron chi connectivity index (χ4n) is 6.82. The molecular weight excluding hydrogens is 342 g/mol. The van der Waals surface area contributed by atoms with E-state index in [-0.39, 0.29) is 6.10 Å². The summed E-state index contributed by atoms with van der Waals surface area (Å²) < 4.78 is 0. The van der Waals surface area contributed by atoms with E-state index in [0.29, 0.717) is 5.41 Å². The lowest BCUT2D eigenvalue weighted by Gasteiger charge is -2.43. The maximum absolute atomic E-state index is 10.1. The molecule has 0 aromatic carbocycles. The molecule has 1 N–H and O–H groups in total. The second kappa shape index (κ2) is 8.48. The Kier molecular flexibility index (Phi) is 6.18. The van der Waals surface area contributed by atoms with Crippen molar-refractivity contribution in [2.24, 2.45) is 23.2 Å². The van der Waals surface area contributed by atoms with Crippen LogP contribution in [0.3, 0.4) is 0 Å². The molecule has 1 aliphatic heterocycles. The minimum atomic E-state index is -0.320. The summed E-state index contributed by atoms with van der Waals surface area (Å²) in [5.74, 6) is 2.58. The van der Waals surface area contributed by atoms with Crippen molar-refractivity contribution in [3.63, 3.8) is 0 Å². The van der Waals surface area contributed by atoms with Crippen LogP contribution in [0.5, 0.6) is 0 Å². The first kappa shape index (κ1) is 20.4. The molecule has 4 aliphatic rings. The maximum Gasteiger partial charge on any atom is 0.0787 e. The molecule has 1 heterocycles. The highest BCUT2D eigenvalue weighted by atomic mass is 16.3. The average Bonchev–Trinajstić information content (AvgIpc) is 3.24. The monoisotopic (exact) mass is 383 g/mol. The Morgan fingerprint density at radius 1 is 1.14 bits per heavy atom. The highest BCUT2D eigenvalue weighted by Gasteiger charge is 2.48. The van der Waals surface area contributed by atoms with Gasteiger partial charge in [0.05, 0.1) is 6.10 Å². The van der Waals surface area contributed by atoms with Crippen molar-refractivity contribution in [2.75, 3.05) is 19.6 Å². The highest BCUT2D eigenvalue weighted by molar-refractivity contribution is 5.37. The molecule has 0 aromatic rings. The molecule has 156 valence electrons. The van der Waals surface area contributed by atoms with Crippen LogP contribution in [0.1, 0.15) is 78.1 Å². The van der Waals surface area contributed by atoms with Crippen molar-refractivity contribution in [1.29, 1.82) is 0 Å². The molecule has 1 saturated heterocycles. The molecule has 3 unspecified atom stereocenters. The van der Waals surface area contributed by atoms with E-state index >= 15 is 0 Å². The van der Waals surface area contributed by atoms with Crippen LogP contribution in [0, 0.1) is 23.2 Å². The summed E-state index contributed by atoms with van der Waals surface area (Å²) in [7, 11) is 0. The van der Waals surface area contributed by atoms with Crippen LogP contribution >= 0.6 is 0 Å². The zero-order chi connectivity index (χ0) is 19.7. The number of aliphatic hydroxyl groups is 1. The van der Waals surface area contributed by atoms with Gasteiger partial charge < -0.3 is 10.0 Å². The first-order valence-electron chi connectivity index (χ1n) is 12.0. The van der Waals surface area contributed by atoms with E-state index < -0.39 is 0 Å². The molecule has 0 bridgehead atoms. The van der Waals surface area contributed by atoms with E-state index in [1.165, 1.54) is 70.2 Å². The van der Waals surface area contributed by atoms with Crippen molar-refractivity contribution in [3.05, 3.63) is 35.5 Å². The Balaban J connectivity index is 1.42. The second-order valence-corrected chi connectivity index (χ2v) is 10.5. The number of likely N-dealkylation sites (tertiary alicyclic amines) is 1. The van der Waals surface area contributed by atoms with Crippen LogP contribution in [0.25, 0.3) is 0 Å². The quantitative estimate of drug-likeness (QED) is 0.654. The first-order valence-corrected chi connectivity index (χ1v) is 12.0. The fourth-order valence-corrected chi connectivity index (χ4v) is 6.82. The van der Waals surface area contributed by atoms with Gasteiger partial charge in [-0.3, -0.25) is 0 Å². The van der Waals surface area contributed by atoms with Crippen molar-refractivity contribution < 1.29 is 5.11 Å². The van der Waals surface area contributed by atoms with Gasteiger partial charge in [-0.15, -0.1) is 0 Å². The van der Waals surface area contributed by atoms with Crippen molar-refractivity contribution in [1.82, 2.24) is 4.90 Å². The highest BCUT2D eigenvalue weighted by Crippen LogP contribution is 2.58. The number of aliphatic hydroxyl groups excluding tert-OH is 1. The van der Waals surface area contributed by atoms with Gasteiger partial charge in [-0.2, -0.15) is 0 Å². The van der Waals surface area contributed by atoms with Gasteiger partial charge in [0.2, 0.25) is 0 Å². The third-order valence-corrected chi connectivity index (χ3v) is 8.70. The van der Waals surface area contributed by atoms with Crippen LogP contribution in [0.4, 0.5) is 0 Å². The molecule has 4 rings (SSSR count). The second-order valence-electron chi connectivity index (χ2n) is 10.5. The van der Waals surface area contributed by atoms with E-state index in [4.69, 9.17) is 0 Å². The molecule has 0 amide bonds.